The zero-order valence-corrected chi connectivity index (χ0v) is 14.5. The van der Waals surface area contributed by atoms with Crippen LogP contribution < -0.4 is 0 Å². The fourth-order valence-electron chi connectivity index (χ4n) is 2.88. The third kappa shape index (κ3) is 3.84. The van der Waals surface area contributed by atoms with Crippen molar-refractivity contribution in [2.75, 3.05) is 12.0 Å². The molecule has 7 heteroatoms. The van der Waals surface area contributed by atoms with Crippen molar-refractivity contribution >= 4 is 15.7 Å². The van der Waals surface area contributed by atoms with E-state index in [1.807, 2.05) is 0 Å². The van der Waals surface area contributed by atoms with Gasteiger partial charge >= 0.3 is 0 Å². The molecule has 0 saturated heterocycles. The summed E-state index contributed by atoms with van der Waals surface area (Å²) < 4.78 is 28.4. The highest BCUT2D eigenvalue weighted by atomic mass is 32.2. The van der Waals surface area contributed by atoms with Crippen LogP contribution in [0.4, 0.5) is 0 Å². The van der Waals surface area contributed by atoms with Crippen LogP contribution in [0.5, 0.6) is 0 Å². The number of hydrogen-bond donors (Lipinski definition) is 0. The van der Waals surface area contributed by atoms with Crippen LogP contribution in [-0.4, -0.2) is 48.3 Å². The van der Waals surface area contributed by atoms with E-state index in [9.17, 15) is 13.2 Å². The molecule has 0 bridgehead atoms. The molecule has 1 atom stereocenters. The Labute approximate surface area is 141 Å². The molecule has 24 heavy (non-hydrogen) atoms. The average molecular weight is 348 g/mol. The van der Waals surface area contributed by atoms with Crippen LogP contribution in [0.15, 0.2) is 41.3 Å². The number of rotatable bonds is 6. The molecule has 0 unspecified atom stereocenters. The van der Waals surface area contributed by atoms with E-state index in [4.69, 9.17) is 4.42 Å². The Hall–Kier alpha value is -2.15. The predicted octanol–water partition coefficient (Wildman–Crippen LogP) is 2.38. The summed E-state index contributed by atoms with van der Waals surface area (Å²) in [6.45, 7) is 1.79. The third-order valence-corrected chi connectivity index (χ3v) is 5.13. The Morgan fingerprint density at radius 2 is 2.00 bits per heavy atom. The standard InChI is InChI=1S/C17H20N2O4S/c1-12(10-24(2,21)22)19(15-7-8-15)17(20)14-5-3-13(4-6-14)16-9-18-11-23-16/h3-6,9,11-12,15H,7-8,10H2,1-2H3/t12-/m1/s1. The normalized spacial score (nSPS) is 15.9. The molecule has 1 heterocycles. The summed E-state index contributed by atoms with van der Waals surface area (Å²) >= 11 is 0. The first-order valence-electron chi connectivity index (χ1n) is 7.84. The molecule has 3 rings (SSSR count). The van der Waals surface area contributed by atoms with Gasteiger partial charge in [0.05, 0.1) is 11.9 Å². The van der Waals surface area contributed by atoms with Gasteiger partial charge in [-0.25, -0.2) is 13.4 Å². The Morgan fingerprint density at radius 1 is 1.33 bits per heavy atom. The molecule has 1 aromatic carbocycles. The Bertz CT molecular complexity index is 809. The zero-order valence-electron chi connectivity index (χ0n) is 13.7. The molecule has 1 aliphatic carbocycles. The molecule has 6 nitrogen and oxygen atoms in total. The van der Waals surface area contributed by atoms with E-state index in [1.54, 1.807) is 42.3 Å². The van der Waals surface area contributed by atoms with Crippen molar-refractivity contribution in [3.63, 3.8) is 0 Å². The second-order valence-electron chi connectivity index (χ2n) is 6.33. The maximum atomic E-state index is 12.8. The van der Waals surface area contributed by atoms with Gasteiger partial charge < -0.3 is 9.32 Å². The number of oxazole rings is 1. The summed E-state index contributed by atoms with van der Waals surface area (Å²) in [5.74, 6) is 0.488. The van der Waals surface area contributed by atoms with E-state index >= 15 is 0 Å². The van der Waals surface area contributed by atoms with E-state index in [0.717, 1.165) is 18.4 Å². The van der Waals surface area contributed by atoms with Crippen LogP contribution in [0.2, 0.25) is 0 Å². The predicted molar refractivity (Wildman–Crippen MR) is 90.3 cm³/mol. The first-order valence-corrected chi connectivity index (χ1v) is 9.90. The van der Waals surface area contributed by atoms with Crippen LogP contribution in [-0.2, 0) is 9.84 Å². The molecule has 1 aromatic heterocycles. The van der Waals surface area contributed by atoms with Gasteiger partial charge in [-0.2, -0.15) is 0 Å². The lowest BCUT2D eigenvalue weighted by atomic mass is 10.1. The van der Waals surface area contributed by atoms with Crippen molar-refractivity contribution in [2.24, 2.45) is 0 Å². The molecule has 1 saturated carbocycles. The van der Waals surface area contributed by atoms with E-state index in [-0.39, 0.29) is 23.7 Å². The van der Waals surface area contributed by atoms with Gasteiger partial charge in [-0.1, -0.05) is 12.1 Å². The topological polar surface area (TPSA) is 80.5 Å². The maximum absolute atomic E-state index is 12.8. The zero-order chi connectivity index (χ0) is 17.3. The number of carbonyl (C=O) groups excluding carboxylic acids is 1. The van der Waals surface area contributed by atoms with Gasteiger partial charge in [-0.05, 0) is 31.9 Å². The monoisotopic (exact) mass is 348 g/mol. The van der Waals surface area contributed by atoms with Crippen molar-refractivity contribution in [1.82, 2.24) is 9.88 Å². The lowest BCUT2D eigenvalue weighted by Crippen LogP contribution is -2.43. The van der Waals surface area contributed by atoms with Crippen molar-refractivity contribution in [3.05, 3.63) is 42.4 Å². The SMILES string of the molecule is C[C@H](CS(C)(=O)=O)N(C(=O)c1ccc(-c2cnco2)cc1)C1CC1. The lowest BCUT2D eigenvalue weighted by molar-refractivity contribution is 0.0693. The number of nitrogens with zero attached hydrogens (tertiary/aromatic N) is 2. The molecule has 1 amide bonds. The summed E-state index contributed by atoms with van der Waals surface area (Å²) in [6, 6.07) is 6.89. The summed E-state index contributed by atoms with van der Waals surface area (Å²) in [6.07, 6.45) is 6.02. The van der Waals surface area contributed by atoms with Crippen LogP contribution in [0.1, 0.15) is 30.1 Å². The smallest absolute Gasteiger partial charge is 0.254 e. The number of amides is 1. The largest absolute Gasteiger partial charge is 0.444 e. The van der Waals surface area contributed by atoms with Gasteiger partial charge in [0, 0.05) is 29.5 Å². The molecule has 128 valence electrons. The molecule has 1 fully saturated rings. The number of sulfone groups is 1. The number of aromatic nitrogens is 1. The first-order chi connectivity index (χ1) is 11.3. The minimum Gasteiger partial charge on any atom is -0.444 e. The highest BCUT2D eigenvalue weighted by molar-refractivity contribution is 7.90. The van der Waals surface area contributed by atoms with Crippen LogP contribution >= 0.6 is 0 Å². The minimum absolute atomic E-state index is 0.0224. The van der Waals surface area contributed by atoms with Gasteiger partial charge in [0.1, 0.15) is 9.84 Å². The quantitative estimate of drug-likeness (QED) is 0.801. The summed E-state index contributed by atoms with van der Waals surface area (Å²) in [7, 11) is -3.14. The average Bonchev–Trinajstić information content (AvgIpc) is 3.18. The molecular formula is C17H20N2O4S. The van der Waals surface area contributed by atoms with E-state index in [2.05, 4.69) is 4.98 Å². The second-order valence-corrected chi connectivity index (χ2v) is 8.51. The van der Waals surface area contributed by atoms with Gasteiger partial charge in [0.15, 0.2) is 12.2 Å². The Balaban J connectivity index is 1.80. The van der Waals surface area contributed by atoms with Gasteiger partial charge in [0.2, 0.25) is 0 Å². The second kappa shape index (κ2) is 6.39. The highest BCUT2D eigenvalue weighted by Crippen LogP contribution is 2.31. The molecule has 0 radical (unpaired) electrons. The molecule has 0 spiro atoms. The van der Waals surface area contributed by atoms with Gasteiger partial charge in [-0.3, -0.25) is 4.79 Å². The van der Waals surface area contributed by atoms with Gasteiger partial charge in [0.25, 0.3) is 5.91 Å². The van der Waals surface area contributed by atoms with Gasteiger partial charge in [-0.15, -0.1) is 0 Å². The van der Waals surface area contributed by atoms with Crippen molar-refractivity contribution in [2.45, 2.75) is 31.8 Å². The third-order valence-electron chi connectivity index (χ3n) is 4.04. The van der Waals surface area contributed by atoms with Crippen molar-refractivity contribution in [1.29, 1.82) is 0 Å². The van der Waals surface area contributed by atoms with Crippen LogP contribution in [0.25, 0.3) is 11.3 Å². The van der Waals surface area contributed by atoms with E-state index < -0.39 is 9.84 Å². The van der Waals surface area contributed by atoms with E-state index in [1.165, 1.54) is 12.6 Å². The van der Waals surface area contributed by atoms with Crippen LogP contribution in [0, 0.1) is 0 Å². The first kappa shape index (κ1) is 16.7. The minimum atomic E-state index is -3.14. The fourth-order valence-corrected chi connectivity index (χ4v) is 3.92. The van der Waals surface area contributed by atoms with Crippen molar-refractivity contribution < 1.29 is 17.6 Å². The number of hydrogen-bond acceptors (Lipinski definition) is 5. The molecular weight excluding hydrogens is 328 g/mol. The number of carbonyl (C=O) groups is 1. The molecule has 2 aromatic rings. The molecule has 0 aliphatic heterocycles. The van der Waals surface area contributed by atoms with E-state index in [0.29, 0.717) is 11.3 Å². The summed E-state index contributed by atoms with van der Waals surface area (Å²) in [5.41, 5.74) is 1.39. The molecule has 1 aliphatic rings. The molecule has 0 N–H and O–H groups in total. The maximum Gasteiger partial charge on any atom is 0.254 e. The van der Waals surface area contributed by atoms with Crippen LogP contribution in [0.3, 0.4) is 0 Å². The lowest BCUT2D eigenvalue weighted by Gasteiger charge is -2.29. The fraction of sp³-hybridized carbons (Fsp3) is 0.412. The Morgan fingerprint density at radius 3 is 2.50 bits per heavy atom. The Kier molecular flexibility index (Phi) is 4.45. The summed E-state index contributed by atoms with van der Waals surface area (Å²) in [4.78, 5) is 18.4. The van der Waals surface area contributed by atoms with Crippen molar-refractivity contribution in [3.8, 4) is 11.3 Å². The summed E-state index contributed by atoms with van der Waals surface area (Å²) in [5, 5.41) is 0. The highest BCUT2D eigenvalue weighted by Gasteiger charge is 2.37. The number of benzene rings is 1.